The van der Waals surface area contributed by atoms with Gasteiger partial charge in [-0.25, -0.2) is 4.79 Å². The summed E-state index contributed by atoms with van der Waals surface area (Å²) in [5.74, 6) is 0. The maximum absolute atomic E-state index is 12.3. The molecule has 1 aliphatic heterocycles. The summed E-state index contributed by atoms with van der Waals surface area (Å²) >= 11 is 0. The van der Waals surface area contributed by atoms with Crippen molar-refractivity contribution in [2.24, 2.45) is 0 Å². The second-order valence-electron chi connectivity index (χ2n) is 7.15. The van der Waals surface area contributed by atoms with Crippen LogP contribution in [0.3, 0.4) is 0 Å². The second-order valence-corrected chi connectivity index (χ2v) is 7.15. The number of aliphatic hydroxyl groups excluding tert-OH is 1. The number of hydrogen-bond acceptors (Lipinski definition) is 4. The molecule has 0 fully saturated rings. The van der Waals surface area contributed by atoms with E-state index in [-0.39, 0.29) is 18.7 Å². The molecule has 1 amide bonds. The number of carbonyl (C=O) groups is 1. The lowest BCUT2D eigenvalue weighted by Crippen LogP contribution is -2.41. The summed E-state index contributed by atoms with van der Waals surface area (Å²) in [5, 5.41) is 14.0. The van der Waals surface area contributed by atoms with Crippen molar-refractivity contribution in [1.82, 2.24) is 14.7 Å². The molecule has 1 N–H and O–H groups in total. The predicted octanol–water partition coefficient (Wildman–Crippen LogP) is 2.85. The van der Waals surface area contributed by atoms with Gasteiger partial charge in [0.15, 0.2) is 0 Å². The number of carbonyl (C=O) groups excluding carboxylic acids is 1. The lowest BCUT2D eigenvalue weighted by atomic mass is 9.98. The third-order valence-corrected chi connectivity index (χ3v) is 3.77. The second kappa shape index (κ2) is 6.74. The van der Waals surface area contributed by atoms with Gasteiger partial charge in [0.1, 0.15) is 5.60 Å². The molecule has 1 aromatic heterocycles. The highest BCUT2D eigenvalue weighted by atomic mass is 16.6. The summed E-state index contributed by atoms with van der Waals surface area (Å²) in [6.07, 6.45) is 2.08. The number of rotatable bonds is 3. The Morgan fingerprint density at radius 2 is 2.13 bits per heavy atom. The first-order chi connectivity index (χ1) is 10.7. The molecule has 0 aromatic carbocycles. The number of amides is 1. The molecule has 1 aromatic rings. The molecule has 0 radical (unpaired) electrons. The van der Waals surface area contributed by atoms with Crippen LogP contribution in [0.25, 0.3) is 5.57 Å². The number of hydrogen-bond donors (Lipinski definition) is 1. The van der Waals surface area contributed by atoms with Crippen LogP contribution in [0, 0.1) is 0 Å². The standard InChI is InChI=1S/C17H27N3O3/c1-12(2)20-15(6-8-18-20)14-10-19(9-7-13(14)11-21)16(22)23-17(3,4)5/h6,8,12,21H,7,9-11H2,1-5H3. The van der Waals surface area contributed by atoms with E-state index in [1.54, 1.807) is 11.1 Å². The molecule has 128 valence electrons. The fourth-order valence-electron chi connectivity index (χ4n) is 2.69. The topological polar surface area (TPSA) is 67.6 Å². The number of nitrogens with zero attached hydrogens (tertiary/aromatic N) is 3. The minimum Gasteiger partial charge on any atom is -0.444 e. The van der Waals surface area contributed by atoms with E-state index < -0.39 is 5.60 Å². The van der Waals surface area contributed by atoms with Crippen LogP contribution in [-0.4, -0.2) is 51.2 Å². The Labute approximate surface area is 137 Å². The molecular formula is C17H27N3O3. The largest absolute Gasteiger partial charge is 0.444 e. The molecule has 0 aliphatic carbocycles. The predicted molar refractivity (Wildman–Crippen MR) is 89.0 cm³/mol. The van der Waals surface area contributed by atoms with Crippen molar-refractivity contribution in [1.29, 1.82) is 0 Å². The lowest BCUT2D eigenvalue weighted by molar-refractivity contribution is 0.0268. The molecule has 0 bridgehead atoms. The number of ether oxygens (including phenoxy) is 1. The summed E-state index contributed by atoms with van der Waals surface area (Å²) < 4.78 is 7.39. The van der Waals surface area contributed by atoms with Crippen molar-refractivity contribution in [2.75, 3.05) is 19.7 Å². The molecule has 6 heteroatoms. The Bertz CT molecular complexity index is 596. The molecule has 0 saturated carbocycles. The molecule has 1 aliphatic rings. The fraction of sp³-hybridized carbons (Fsp3) is 0.647. The lowest BCUT2D eigenvalue weighted by Gasteiger charge is -2.32. The first kappa shape index (κ1) is 17.5. The van der Waals surface area contributed by atoms with E-state index in [2.05, 4.69) is 18.9 Å². The summed E-state index contributed by atoms with van der Waals surface area (Å²) in [5.41, 5.74) is 2.37. The average molecular weight is 321 g/mol. The average Bonchev–Trinajstić information content (AvgIpc) is 2.94. The zero-order valence-corrected chi connectivity index (χ0v) is 14.7. The smallest absolute Gasteiger partial charge is 0.410 e. The van der Waals surface area contributed by atoms with Crippen LogP contribution in [0.15, 0.2) is 17.8 Å². The van der Waals surface area contributed by atoms with Crippen molar-refractivity contribution in [2.45, 2.75) is 52.7 Å². The van der Waals surface area contributed by atoms with Gasteiger partial charge in [-0.3, -0.25) is 4.68 Å². The third-order valence-electron chi connectivity index (χ3n) is 3.77. The molecule has 0 saturated heterocycles. The summed E-state index contributed by atoms with van der Waals surface area (Å²) in [7, 11) is 0. The normalized spacial score (nSPS) is 16.2. The zero-order chi connectivity index (χ0) is 17.2. The minimum atomic E-state index is -0.516. The highest BCUT2D eigenvalue weighted by Crippen LogP contribution is 2.28. The van der Waals surface area contributed by atoms with Gasteiger partial charge in [-0.15, -0.1) is 0 Å². The zero-order valence-electron chi connectivity index (χ0n) is 14.7. The van der Waals surface area contributed by atoms with E-state index in [0.717, 1.165) is 16.8 Å². The van der Waals surface area contributed by atoms with E-state index in [9.17, 15) is 9.90 Å². The molecule has 0 atom stereocenters. The molecule has 6 nitrogen and oxygen atoms in total. The van der Waals surface area contributed by atoms with E-state index in [1.807, 2.05) is 31.5 Å². The summed E-state index contributed by atoms with van der Waals surface area (Å²) in [6, 6.07) is 2.15. The van der Waals surface area contributed by atoms with Crippen molar-refractivity contribution >= 4 is 11.7 Å². The van der Waals surface area contributed by atoms with Crippen molar-refractivity contribution in [3.05, 3.63) is 23.5 Å². The Morgan fingerprint density at radius 3 is 2.70 bits per heavy atom. The van der Waals surface area contributed by atoms with Crippen LogP contribution < -0.4 is 0 Å². The monoisotopic (exact) mass is 321 g/mol. The van der Waals surface area contributed by atoms with Crippen LogP contribution in [0.4, 0.5) is 4.79 Å². The maximum atomic E-state index is 12.3. The highest BCUT2D eigenvalue weighted by Gasteiger charge is 2.28. The van der Waals surface area contributed by atoms with Gasteiger partial charge in [0, 0.05) is 18.8 Å². The maximum Gasteiger partial charge on any atom is 0.410 e. The Morgan fingerprint density at radius 1 is 1.43 bits per heavy atom. The van der Waals surface area contributed by atoms with Gasteiger partial charge in [0.05, 0.1) is 18.8 Å². The van der Waals surface area contributed by atoms with Gasteiger partial charge < -0.3 is 14.7 Å². The Kier molecular flexibility index (Phi) is 5.14. The summed E-state index contributed by atoms with van der Waals surface area (Å²) in [4.78, 5) is 14.0. The molecule has 23 heavy (non-hydrogen) atoms. The fourth-order valence-corrected chi connectivity index (χ4v) is 2.69. The number of aliphatic hydroxyl groups is 1. The van der Waals surface area contributed by atoms with Crippen molar-refractivity contribution in [3.63, 3.8) is 0 Å². The Hall–Kier alpha value is -1.82. The van der Waals surface area contributed by atoms with Crippen LogP contribution in [0.5, 0.6) is 0 Å². The molecule has 2 rings (SSSR count). The summed E-state index contributed by atoms with van der Waals surface area (Å²) in [6.45, 7) is 10.7. The van der Waals surface area contributed by atoms with Crippen LogP contribution in [-0.2, 0) is 4.74 Å². The SMILES string of the molecule is CC(C)n1nccc1C1=C(CO)CCN(C(=O)OC(C)(C)C)C1. The quantitative estimate of drug-likeness (QED) is 0.929. The van der Waals surface area contributed by atoms with Gasteiger partial charge in [-0.05, 0) is 58.3 Å². The number of aromatic nitrogens is 2. The first-order valence-corrected chi connectivity index (χ1v) is 8.06. The molecule has 2 heterocycles. The van der Waals surface area contributed by atoms with Crippen molar-refractivity contribution < 1.29 is 14.6 Å². The Balaban J connectivity index is 2.27. The molecular weight excluding hydrogens is 294 g/mol. The van der Waals surface area contributed by atoms with E-state index in [4.69, 9.17) is 4.74 Å². The van der Waals surface area contributed by atoms with E-state index in [0.29, 0.717) is 19.5 Å². The minimum absolute atomic E-state index is 0.000761. The first-order valence-electron chi connectivity index (χ1n) is 8.06. The van der Waals surface area contributed by atoms with Crippen LogP contribution in [0.2, 0.25) is 0 Å². The highest BCUT2D eigenvalue weighted by molar-refractivity contribution is 5.76. The van der Waals surface area contributed by atoms with Gasteiger partial charge >= 0.3 is 6.09 Å². The third kappa shape index (κ3) is 4.13. The van der Waals surface area contributed by atoms with Gasteiger partial charge in [0.2, 0.25) is 0 Å². The molecule has 0 spiro atoms. The van der Waals surface area contributed by atoms with Gasteiger partial charge in [0.25, 0.3) is 0 Å². The van der Waals surface area contributed by atoms with Gasteiger partial charge in [-0.2, -0.15) is 5.10 Å². The van der Waals surface area contributed by atoms with Gasteiger partial charge in [-0.1, -0.05) is 0 Å². The van der Waals surface area contributed by atoms with Crippen molar-refractivity contribution in [3.8, 4) is 0 Å². The van der Waals surface area contributed by atoms with Crippen LogP contribution in [0.1, 0.15) is 52.8 Å². The molecule has 0 unspecified atom stereocenters. The van der Waals surface area contributed by atoms with E-state index >= 15 is 0 Å². The van der Waals surface area contributed by atoms with Crippen LogP contribution >= 0.6 is 0 Å². The van der Waals surface area contributed by atoms with E-state index in [1.165, 1.54) is 0 Å².